The number of nitrogens with two attached hydrogens (primary N) is 1. The first-order valence-electron chi connectivity index (χ1n) is 4.02. The summed E-state index contributed by atoms with van der Waals surface area (Å²) in [5, 5.41) is 8.54. The molecule has 3 N–H and O–H groups in total. The fourth-order valence-corrected chi connectivity index (χ4v) is 1.60. The van der Waals surface area contributed by atoms with Crippen molar-refractivity contribution in [3.8, 4) is 0 Å². The lowest BCUT2D eigenvalue weighted by atomic mass is 9.67. The summed E-state index contributed by atoms with van der Waals surface area (Å²) >= 11 is 0. The molecular formula is C8H16ClNO2. The second-order valence-electron chi connectivity index (χ2n) is 3.81. The van der Waals surface area contributed by atoms with Crippen LogP contribution in [-0.4, -0.2) is 17.1 Å². The molecule has 12 heavy (non-hydrogen) atoms. The monoisotopic (exact) mass is 193 g/mol. The molecule has 0 aromatic carbocycles. The zero-order valence-electron chi connectivity index (χ0n) is 7.25. The fraction of sp³-hybridized carbons (Fsp3) is 0.875. The van der Waals surface area contributed by atoms with Gasteiger partial charge in [0.15, 0.2) is 0 Å². The van der Waals surface area contributed by atoms with Gasteiger partial charge < -0.3 is 10.8 Å². The minimum absolute atomic E-state index is 0. The SMILES string of the molecule is CC1(CC(N)C(=O)O)CCC1.Cl. The highest BCUT2D eigenvalue weighted by Gasteiger charge is 2.34. The van der Waals surface area contributed by atoms with Crippen molar-refractivity contribution < 1.29 is 9.90 Å². The summed E-state index contributed by atoms with van der Waals surface area (Å²) < 4.78 is 0. The van der Waals surface area contributed by atoms with Crippen LogP contribution in [0.1, 0.15) is 32.6 Å². The zero-order valence-corrected chi connectivity index (χ0v) is 8.06. The van der Waals surface area contributed by atoms with E-state index < -0.39 is 12.0 Å². The van der Waals surface area contributed by atoms with Crippen LogP contribution in [0.25, 0.3) is 0 Å². The number of carboxylic acids is 1. The molecule has 1 fully saturated rings. The Morgan fingerprint density at radius 3 is 2.42 bits per heavy atom. The first-order valence-corrected chi connectivity index (χ1v) is 4.02. The minimum Gasteiger partial charge on any atom is -0.480 e. The number of hydrogen-bond acceptors (Lipinski definition) is 2. The molecule has 1 unspecified atom stereocenters. The van der Waals surface area contributed by atoms with Crippen molar-refractivity contribution in [2.24, 2.45) is 11.1 Å². The quantitative estimate of drug-likeness (QED) is 0.712. The molecule has 0 heterocycles. The van der Waals surface area contributed by atoms with Gasteiger partial charge in [0.25, 0.3) is 0 Å². The highest BCUT2D eigenvalue weighted by molar-refractivity contribution is 5.85. The minimum atomic E-state index is -0.877. The Balaban J connectivity index is 0.00000121. The van der Waals surface area contributed by atoms with Gasteiger partial charge in [0.2, 0.25) is 0 Å². The molecule has 1 aliphatic rings. The van der Waals surface area contributed by atoms with Crippen molar-refractivity contribution in [1.29, 1.82) is 0 Å². The van der Waals surface area contributed by atoms with Gasteiger partial charge in [-0.1, -0.05) is 13.3 Å². The predicted octanol–water partition coefficient (Wildman–Crippen LogP) is 1.40. The van der Waals surface area contributed by atoms with Crippen molar-refractivity contribution in [3.05, 3.63) is 0 Å². The maximum absolute atomic E-state index is 10.4. The Morgan fingerprint density at radius 2 is 2.17 bits per heavy atom. The molecule has 72 valence electrons. The molecule has 0 aromatic rings. The lowest BCUT2D eigenvalue weighted by Gasteiger charge is -2.39. The van der Waals surface area contributed by atoms with E-state index in [0.717, 1.165) is 12.8 Å². The molecule has 3 nitrogen and oxygen atoms in total. The Bertz CT molecular complexity index is 168. The molecule has 0 amide bonds. The predicted molar refractivity (Wildman–Crippen MR) is 49.4 cm³/mol. The first kappa shape index (κ1) is 11.7. The van der Waals surface area contributed by atoms with Crippen LogP contribution in [0.5, 0.6) is 0 Å². The normalized spacial score (nSPS) is 21.8. The lowest BCUT2D eigenvalue weighted by molar-refractivity contribution is -0.139. The van der Waals surface area contributed by atoms with Crippen LogP contribution in [0.3, 0.4) is 0 Å². The Labute approximate surface area is 78.7 Å². The number of halogens is 1. The second-order valence-corrected chi connectivity index (χ2v) is 3.81. The van der Waals surface area contributed by atoms with Gasteiger partial charge in [-0.25, -0.2) is 0 Å². The number of aliphatic carboxylic acids is 1. The highest BCUT2D eigenvalue weighted by atomic mass is 35.5. The molecule has 0 aliphatic heterocycles. The van der Waals surface area contributed by atoms with Gasteiger partial charge >= 0.3 is 5.97 Å². The van der Waals surface area contributed by atoms with E-state index >= 15 is 0 Å². The van der Waals surface area contributed by atoms with Gasteiger partial charge in [-0.2, -0.15) is 0 Å². The van der Waals surface area contributed by atoms with Gasteiger partial charge in [-0.15, -0.1) is 12.4 Å². The van der Waals surface area contributed by atoms with E-state index in [0.29, 0.717) is 6.42 Å². The molecule has 1 aliphatic carbocycles. The summed E-state index contributed by atoms with van der Waals surface area (Å²) in [5.74, 6) is -0.877. The van der Waals surface area contributed by atoms with Crippen LogP contribution < -0.4 is 5.73 Å². The maximum Gasteiger partial charge on any atom is 0.320 e. The van der Waals surface area contributed by atoms with Crippen molar-refractivity contribution in [3.63, 3.8) is 0 Å². The number of carbonyl (C=O) groups is 1. The molecule has 1 atom stereocenters. The standard InChI is InChI=1S/C8H15NO2.ClH/c1-8(3-2-4-8)5-6(9)7(10)11;/h6H,2-5,9H2,1H3,(H,10,11);1H. The van der Waals surface area contributed by atoms with E-state index in [4.69, 9.17) is 10.8 Å². The molecule has 0 spiro atoms. The lowest BCUT2D eigenvalue weighted by Crippen LogP contribution is -2.39. The van der Waals surface area contributed by atoms with Crippen molar-refractivity contribution >= 4 is 18.4 Å². The van der Waals surface area contributed by atoms with Gasteiger partial charge in [-0.3, -0.25) is 4.79 Å². The van der Waals surface area contributed by atoms with Crippen LogP contribution in [0.15, 0.2) is 0 Å². The third-order valence-electron chi connectivity index (χ3n) is 2.59. The third-order valence-corrected chi connectivity index (χ3v) is 2.59. The van der Waals surface area contributed by atoms with E-state index in [1.165, 1.54) is 6.42 Å². The summed E-state index contributed by atoms with van der Waals surface area (Å²) in [6.45, 7) is 2.11. The van der Waals surface area contributed by atoms with E-state index in [9.17, 15) is 4.79 Å². The van der Waals surface area contributed by atoms with Crippen molar-refractivity contribution in [2.45, 2.75) is 38.6 Å². The summed E-state index contributed by atoms with van der Waals surface area (Å²) in [5.41, 5.74) is 5.63. The van der Waals surface area contributed by atoms with Crippen molar-refractivity contribution in [2.75, 3.05) is 0 Å². The molecule has 0 aromatic heterocycles. The molecule has 1 saturated carbocycles. The Morgan fingerprint density at radius 1 is 1.67 bits per heavy atom. The van der Waals surface area contributed by atoms with E-state index in [-0.39, 0.29) is 17.8 Å². The second kappa shape index (κ2) is 4.10. The molecule has 0 bridgehead atoms. The van der Waals surface area contributed by atoms with Crippen molar-refractivity contribution in [1.82, 2.24) is 0 Å². The number of hydrogen-bond donors (Lipinski definition) is 2. The van der Waals surface area contributed by atoms with Gasteiger partial charge in [-0.05, 0) is 24.7 Å². The van der Waals surface area contributed by atoms with Crippen LogP contribution in [0.4, 0.5) is 0 Å². The Kier molecular flexibility index (Phi) is 4.00. The molecule has 1 rings (SSSR count). The van der Waals surface area contributed by atoms with Gasteiger partial charge in [0.05, 0.1) is 0 Å². The first-order chi connectivity index (χ1) is 5.03. The molecule has 0 radical (unpaired) electrons. The maximum atomic E-state index is 10.4. The zero-order chi connectivity index (χ0) is 8.48. The van der Waals surface area contributed by atoms with Crippen LogP contribution in [0, 0.1) is 5.41 Å². The van der Waals surface area contributed by atoms with Crippen LogP contribution in [0.2, 0.25) is 0 Å². The largest absolute Gasteiger partial charge is 0.480 e. The summed E-state index contributed by atoms with van der Waals surface area (Å²) in [4.78, 5) is 10.4. The number of carboxylic acid groups (broad SMARTS) is 1. The summed E-state index contributed by atoms with van der Waals surface area (Å²) in [6.07, 6.45) is 4.12. The summed E-state index contributed by atoms with van der Waals surface area (Å²) in [6, 6.07) is -0.666. The Hall–Kier alpha value is -0.280. The molecular weight excluding hydrogens is 178 g/mol. The van der Waals surface area contributed by atoms with Crippen LogP contribution >= 0.6 is 12.4 Å². The van der Waals surface area contributed by atoms with E-state index in [1.807, 2.05) is 0 Å². The third kappa shape index (κ3) is 2.64. The van der Waals surface area contributed by atoms with Crippen LogP contribution in [-0.2, 0) is 4.79 Å². The summed E-state index contributed by atoms with van der Waals surface area (Å²) in [7, 11) is 0. The van der Waals surface area contributed by atoms with E-state index in [2.05, 4.69) is 6.92 Å². The average Bonchev–Trinajstić information content (AvgIpc) is 1.84. The average molecular weight is 194 g/mol. The van der Waals surface area contributed by atoms with E-state index in [1.54, 1.807) is 0 Å². The van der Waals surface area contributed by atoms with Gasteiger partial charge in [0, 0.05) is 0 Å². The topological polar surface area (TPSA) is 63.3 Å². The molecule has 4 heteroatoms. The smallest absolute Gasteiger partial charge is 0.320 e. The van der Waals surface area contributed by atoms with Gasteiger partial charge in [0.1, 0.15) is 6.04 Å². The fourth-order valence-electron chi connectivity index (χ4n) is 1.60. The molecule has 0 saturated heterocycles. The number of rotatable bonds is 3. The highest BCUT2D eigenvalue weighted by Crippen LogP contribution is 2.43.